The number of carboxylic acids is 1. The molecule has 0 saturated heterocycles. The fourth-order valence-corrected chi connectivity index (χ4v) is 3.79. The molecule has 0 aliphatic heterocycles. The van der Waals surface area contributed by atoms with Crippen molar-refractivity contribution in [2.75, 3.05) is 13.3 Å². The maximum Gasteiger partial charge on any atom is 0.321 e. The fourth-order valence-electron chi connectivity index (χ4n) is 1.35. The van der Waals surface area contributed by atoms with Crippen LogP contribution in [0.5, 0.6) is 0 Å². The zero-order chi connectivity index (χ0) is 13.9. The molecule has 5 nitrogen and oxygen atoms in total. The maximum absolute atomic E-state index is 12.3. The number of hydrogen-bond acceptors (Lipinski definition) is 4. The van der Waals surface area contributed by atoms with Crippen LogP contribution >= 0.6 is 11.8 Å². The molecule has 0 spiro atoms. The van der Waals surface area contributed by atoms with E-state index in [1.807, 2.05) is 0 Å². The van der Waals surface area contributed by atoms with E-state index in [4.69, 9.17) is 5.11 Å². The third-order valence-corrected chi connectivity index (χ3v) is 5.54. The summed E-state index contributed by atoms with van der Waals surface area (Å²) in [5.74, 6) is -1.18. The molecular formula is C11H15NO4S2. The van der Waals surface area contributed by atoms with Crippen LogP contribution in [0.3, 0.4) is 0 Å². The topological polar surface area (TPSA) is 74.7 Å². The lowest BCUT2D eigenvalue weighted by Gasteiger charge is -2.22. The summed E-state index contributed by atoms with van der Waals surface area (Å²) >= 11 is 1.31. The molecule has 0 bridgehead atoms. The minimum absolute atomic E-state index is 0.133. The highest BCUT2D eigenvalue weighted by Crippen LogP contribution is 2.27. The molecule has 1 N–H and O–H groups in total. The van der Waals surface area contributed by atoms with Crippen LogP contribution < -0.4 is 0 Å². The largest absolute Gasteiger partial charge is 0.480 e. The molecule has 1 aromatic carbocycles. The number of carboxylic acid groups (broad SMARTS) is 1. The molecule has 0 fully saturated rings. The van der Waals surface area contributed by atoms with Crippen molar-refractivity contribution < 1.29 is 18.3 Å². The molecule has 0 amide bonds. The van der Waals surface area contributed by atoms with Gasteiger partial charge in [-0.05, 0) is 25.3 Å². The predicted octanol–water partition coefficient (Wildman–Crippen LogP) is 1.50. The highest BCUT2D eigenvalue weighted by molar-refractivity contribution is 7.99. The number of nitrogens with zero attached hydrogens (tertiary/aromatic N) is 1. The summed E-state index contributed by atoms with van der Waals surface area (Å²) in [5.41, 5.74) is 0. The number of sulfonamides is 1. The predicted molar refractivity (Wildman–Crippen MR) is 70.3 cm³/mol. The first-order valence-corrected chi connectivity index (χ1v) is 7.82. The normalized spacial score (nSPS) is 13.6. The molecular weight excluding hydrogens is 274 g/mol. The van der Waals surface area contributed by atoms with Crippen LogP contribution in [0.1, 0.15) is 6.92 Å². The van der Waals surface area contributed by atoms with E-state index in [2.05, 4.69) is 0 Å². The second-order valence-electron chi connectivity index (χ2n) is 3.69. The molecule has 1 rings (SSSR count). The molecule has 7 heteroatoms. The minimum atomic E-state index is -3.79. The van der Waals surface area contributed by atoms with Crippen LogP contribution in [-0.4, -0.2) is 43.1 Å². The Hall–Kier alpha value is -1.05. The Bertz CT molecular complexity index is 542. The Morgan fingerprint density at radius 3 is 2.44 bits per heavy atom. The van der Waals surface area contributed by atoms with Crippen molar-refractivity contribution in [2.45, 2.75) is 22.8 Å². The van der Waals surface area contributed by atoms with Crippen LogP contribution in [0.25, 0.3) is 0 Å². The van der Waals surface area contributed by atoms with Crippen LogP contribution in [0.4, 0.5) is 0 Å². The van der Waals surface area contributed by atoms with Gasteiger partial charge in [-0.1, -0.05) is 12.1 Å². The molecule has 0 aliphatic rings. The van der Waals surface area contributed by atoms with Crippen LogP contribution in [0.15, 0.2) is 34.1 Å². The molecule has 1 unspecified atom stereocenters. The number of thioether (sulfide) groups is 1. The van der Waals surface area contributed by atoms with Gasteiger partial charge < -0.3 is 5.11 Å². The number of aliphatic carboxylic acids is 1. The molecule has 0 aliphatic carbocycles. The summed E-state index contributed by atoms with van der Waals surface area (Å²) in [4.78, 5) is 11.6. The molecule has 0 radical (unpaired) electrons. The van der Waals surface area contributed by atoms with Gasteiger partial charge in [-0.25, -0.2) is 8.42 Å². The van der Waals surface area contributed by atoms with E-state index in [9.17, 15) is 13.2 Å². The molecule has 0 aromatic heterocycles. The average Bonchev–Trinajstić information content (AvgIpc) is 2.36. The summed E-state index contributed by atoms with van der Waals surface area (Å²) < 4.78 is 25.5. The van der Waals surface area contributed by atoms with E-state index in [-0.39, 0.29) is 4.90 Å². The first-order chi connectivity index (χ1) is 8.32. The Morgan fingerprint density at radius 1 is 1.39 bits per heavy atom. The van der Waals surface area contributed by atoms with Gasteiger partial charge in [0.25, 0.3) is 0 Å². The quantitative estimate of drug-likeness (QED) is 0.831. The van der Waals surface area contributed by atoms with Gasteiger partial charge >= 0.3 is 5.97 Å². The summed E-state index contributed by atoms with van der Waals surface area (Å²) in [5, 5.41) is 8.88. The first-order valence-electron chi connectivity index (χ1n) is 5.16. The molecule has 1 aromatic rings. The van der Waals surface area contributed by atoms with Crippen molar-refractivity contribution in [2.24, 2.45) is 0 Å². The fraction of sp³-hybridized carbons (Fsp3) is 0.364. The number of hydrogen-bond donors (Lipinski definition) is 1. The van der Waals surface area contributed by atoms with Gasteiger partial charge in [0.15, 0.2) is 0 Å². The minimum Gasteiger partial charge on any atom is -0.480 e. The third-order valence-electron chi connectivity index (χ3n) is 2.63. The van der Waals surface area contributed by atoms with Gasteiger partial charge in [-0.3, -0.25) is 4.79 Å². The van der Waals surface area contributed by atoms with Gasteiger partial charge in [0.1, 0.15) is 6.04 Å². The standard InChI is InChI=1S/C11H15NO4S2/c1-8(11(13)14)12(2)18(15,16)10-7-5-4-6-9(10)17-3/h4-8H,1-3H3,(H,13,14). The Labute approximate surface area is 111 Å². The van der Waals surface area contributed by atoms with Gasteiger partial charge in [0.05, 0.1) is 4.90 Å². The zero-order valence-corrected chi connectivity index (χ0v) is 12.0. The monoisotopic (exact) mass is 289 g/mol. The van der Waals surface area contributed by atoms with Gasteiger partial charge in [-0.2, -0.15) is 4.31 Å². The van der Waals surface area contributed by atoms with Crippen LogP contribution in [-0.2, 0) is 14.8 Å². The van der Waals surface area contributed by atoms with Crippen molar-refractivity contribution in [3.05, 3.63) is 24.3 Å². The van der Waals surface area contributed by atoms with E-state index in [0.29, 0.717) is 4.90 Å². The second-order valence-corrected chi connectivity index (χ2v) is 6.50. The lowest BCUT2D eigenvalue weighted by Crippen LogP contribution is -2.40. The molecule has 1 atom stereocenters. The average molecular weight is 289 g/mol. The van der Waals surface area contributed by atoms with Gasteiger partial charge in [0, 0.05) is 11.9 Å². The van der Waals surface area contributed by atoms with Crippen molar-refractivity contribution in [3.8, 4) is 0 Å². The summed E-state index contributed by atoms with van der Waals surface area (Å²) in [6, 6.07) is 5.42. The van der Waals surface area contributed by atoms with Crippen molar-refractivity contribution in [1.82, 2.24) is 4.31 Å². The van der Waals surface area contributed by atoms with Crippen LogP contribution in [0.2, 0.25) is 0 Å². The van der Waals surface area contributed by atoms with E-state index in [1.54, 1.807) is 24.5 Å². The number of rotatable bonds is 5. The van der Waals surface area contributed by atoms with Crippen molar-refractivity contribution >= 4 is 27.8 Å². The Kier molecular flexibility index (Phi) is 4.78. The molecule has 100 valence electrons. The summed E-state index contributed by atoms with van der Waals surface area (Å²) in [6.07, 6.45) is 1.77. The SMILES string of the molecule is CSc1ccccc1S(=O)(=O)N(C)C(C)C(=O)O. The lowest BCUT2D eigenvalue weighted by molar-refractivity contribution is -0.140. The number of benzene rings is 1. The highest BCUT2D eigenvalue weighted by Gasteiger charge is 2.30. The maximum atomic E-state index is 12.3. The van der Waals surface area contributed by atoms with E-state index >= 15 is 0 Å². The molecule has 18 heavy (non-hydrogen) atoms. The third kappa shape index (κ3) is 2.85. The van der Waals surface area contributed by atoms with Gasteiger partial charge in [0.2, 0.25) is 10.0 Å². The summed E-state index contributed by atoms with van der Waals surface area (Å²) in [6.45, 7) is 1.33. The highest BCUT2D eigenvalue weighted by atomic mass is 32.2. The van der Waals surface area contributed by atoms with E-state index < -0.39 is 22.0 Å². The zero-order valence-electron chi connectivity index (χ0n) is 10.3. The Balaban J connectivity index is 3.25. The van der Waals surface area contributed by atoms with Crippen molar-refractivity contribution in [1.29, 1.82) is 0 Å². The van der Waals surface area contributed by atoms with E-state index in [0.717, 1.165) is 4.31 Å². The van der Waals surface area contributed by atoms with E-state index in [1.165, 1.54) is 31.8 Å². The number of likely N-dealkylation sites (N-methyl/N-ethyl adjacent to an activating group) is 1. The van der Waals surface area contributed by atoms with Gasteiger partial charge in [-0.15, -0.1) is 11.8 Å². The lowest BCUT2D eigenvalue weighted by atomic mass is 10.4. The number of carbonyl (C=O) groups is 1. The second kappa shape index (κ2) is 5.73. The van der Waals surface area contributed by atoms with Crippen LogP contribution in [0, 0.1) is 0 Å². The molecule has 0 saturated carbocycles. The van der Waals surface area contributed by atoms with Crippen molar-refractivity contribution in [3.63, 3.8) is 0 Å². The first kappa shape index (κ1) is 15.0. The smallest absolute Gasteiger partial charge is 0.321 e. The Morgan fingerprint density at radius 2 is 1.94 bits per heavy atom. The molecule has 0 heterocycles. The summed E-state index contributed by atoms with van der Waals surface area (Å²) in [7, 11) is -2.53.